The molecule has 1 fully saturated rings. The number of piperazine rings is 1. The standard InChI is InChI=1S/C22H30N4O2/c1-4-25-10-12-26(13-11-25)22(15-18-7-5-6-8-19(18)16-22)21(27)24(3)17(2)20-9-14-28-23-20/h5-9,14,17H,4,10-13,15-16H2,1-3H3/t17-/m0/s1. The molecule has 0 radical (unpaired) electrons. The number of aromatic nitrogens is 1. The zero-order valence-corrected chi connectivity index (χ0v) is 17.1. The summed E-state index contributed by atoms with van der Waals surface area (Å²) in [4.78, 5) is 20.7. The van der Waals surface area contributed by atoms with Crippen LogP contribution in [0.3, 0.4) is 0 Å². The van der Waals surface area contributed by atoms with Gasteiger partial charge in [0.15, 0.2) is 0 Å². The first kappa shape index (κ1) is 19.2. The molecular formula is C22H30N4O2. The smallest absolute Gasteiger partial charge is 0.244 e. The van der Waals surface area contributed by atoms with Gasteiger partial charge in [-0.25, -0.2) is 0 Å². The Kier molecular flexibility index (Phi) is 5.25. The van der Waals surface area contributed by atoms with Crippen LogP contribution in [0, 0.1) is 0 Å². The monoisotopic (exact) mass is 382 g/mol. The minimum absolute atomic E-state index is 0.122. The molecule has 2 aromatic rings. The van der Waals surface area contributed by atoms with Crippen LogP contribution in [0.5, 0.6) is 0 Å². The van der Waals surface area contributed by atoms with Crippen LogP contribution in [0.15, 0.2) is 41.1 Å². The fourth-order valence-electron chi connectivity index (χ4n) is 4.74. The van der Waals surface area contributed by atoms with E-state index >= 15 is 0 Å². The minimum Gasteiger partial charge on any atom is -0.364 e. The third kappa shape index (κ3) is 3.25. The summed E-state index contributed by atoms with van der Waals surface area (Å²) >= 11 is 0. The van der Waals surface area contributed by atoms with Crippen molar-refractivity contribution in [2.45, 2.75) is 38.3 Å². The Morgan fingerprint density at radius 2 is 1.82 bits per heavy atom. The maximum absolute atomic E-state index is 13.9. The molecule has 0 bridgehead atoms. The molecular weight excluding hydrogens is 352 g/mol. The van der Waals surface area contributed by atoms with Crippen LogP contribution in [-0.4, -0.2) is 71.1 Å². The molecule has 0 saturated carbocycles. The number of benzene rings is 1. The number of hydrogen-bond donors (Lipinski definition) is 0. The van der Waals surface area contributed by atoms with E-state index in [0.29, 0.717) is 0 Å². The fourth-order valence-corrected chi connectivity index (χ4v) is 4.74. The van der Waals surface area contributed by atoms with Crippen molar-refractivity contribution < 1.29 is 9.32 Å². The SMILES string of the molecule is CCN1CCN(C2(C(=O)N(C)[C@@H](C)c3ccon3)Cc3ccccc3C2)CC1. The maximum Gasteiger partial charge on any atom is 0.244 e. The van der Waals surface area contributed by atoms with Crippen molar-refractivity contribution in [1.29, 1.82) is 0 Å². The van der Waals surface area contributed by atoms with Crippen LogP contribution in [0.2, 0.25) is 0 Å². The molecule has 4 rings (SSSR count). The quantitative estimate of drug-likeness (QED) is 0.795. The number of amides is 1. The van der Waals surface area contributed by atoms with E-state index in [2.05, 4.69) is 46.1 Å². The minimum atomic E-state index is -0.504. The topological polar surface area (TPSA) is 52.8 Å². The highest BCUT2D eigenvalue weighted by molar-refractivity contribution is 5.88. The first-order chi connectivity index (χ1) is 13.5. The van der Waals surface area contributed by atoms with E-state index in [1.165, 1.54) is 11.1 Å². The van der Waals surface area contributed by atoms with Gasteiger partial charge in [0, 0.05) is 52.1 Å². The molecule has 1 amide bonds. The second-order valence-corrected chi connectivity index (χ2v) is 8.09. The molecule has 0 unspecified atom stereocenters. The van der Waals surface area contributed by atoms with Gasteiger partial charge in [-0.05, 0) is 24.6 Å². The van der Waals surface area contributed by atoms with Gasteiger partial charge >= 0.3 is 0 Å². The summed E-state index contributed by atoms with van der Waals surface area (Å²) < 4.78 is 5.00. The normalized spacial score (nSPS) is 20.7. The molecule has 6 nitrogen and oxygen atoms in total. The van der Waals surface area contributed by atoms with Gasteiger partial charge < -0.3 is 14.3 Å². The van der Waals surface area contributed by atoms with E-state index in [-0.39, 0.29) is 11.9 Å². The summed E-state index contributed by atoms with van der Waals surface area (Å²) in [5, 5.41) is 4.05. The number of rotatable bonds is 5. The molecule has 0 spiro atoms. The number of carbonyl (C=O) groups excluding carboxylic acids is 1. The Labute approximate surface area is 167 Å². The Balaban J connectivity index is 1.63. The highest BCUT2D eigenvalue weighted by atomic mass is 16.5. The van der Waals surface area contributed by atoms with Gasteiger partial charge in [-0.15, -0.1) is 0 Å². The summed E-state index contributed by atoms with van der Waals surface area (Å²) in [5.74, 6) is 0.184. The number of fused-ring (bicyclic) bond motifs is 1. The molecule has 150 valence electrons. The highest BCUT2D eigenvalue weighted by Gasteiger charge is 2.50. The molecule has 1 aromatic carbocycles. The van der Waals surface area contributed by atoms with Crippen molar-refractivity contribution >= 4 is 5.91 Å². The molecule has 2 aliphatic rings. The first-order valence-electron chi connectivity index (χ1n) is 10.3. The molecule has 28 heavy (non-hydrogen) atoms. The zero-order valence-electron chi connectivity index (χ0n) is 17.1. The predicted molar refractivity (Wildman–Crippen MR) is 108 cm³/mol. The van der Waals surface area contributed by atoms with Crippen LogP contribution in [0.4, 0.5) is 0 Å². The van der Waals surface area contributed by atoms with Gasteiger partial charge in [0.2, 0.25) is 5.91 Å². The van der Waals surface area contributed by atoms with Crippen molar-refractivity contribution in [2.24, 2.45) is 0 Å². The number of nitrogens with zero attached hydrogens (tertiary/aromatic N) is 4. The number of likely N-dealkylation sites (N-methyl/N-ethyl adjacent to an activating group) is 2. The third-order valence-corrected chi connectivity index (χ3v) is 6.69. The van der Waals surface area contributed by atoms with Crippen molar-refractivity contribution in [1.82, 2.24) is 19.9 Å². The molecule has 1 aliphatic heterocycles. The molecule has 1 saturated heterocycles. The largest absolute Gasteiger partial charge is 0.364 e. The molecule has 1 aliphatic carbocycles. The maximum atomic E-state index is 13.9. The lowest BCUT2D eigenvalue weighted by Gasteiger charge is -2.46. The number of hydrogen-bond acceptors (Lipinski definition) is 5. The van der Waals surface area contributed by atoms with E-state index in [9.17, 15) is 4.79 Å². The Morgan fingerprint density at radius 1 is 1.18 bits per heavy atom. The lowest BCUT2D eigenvalue weighted by molar-refractivity contribution is -0.146. The van der Waals surface area contributed by atoms with Crippen LogP contribution in [0.25, 0.3) is 0 Å². The fraction of sp³-hybridized carbons (Fsp3) is 0.545. The third-order valence-electron chi connectivity index (χ3n) is 6.69. The van der Waals surface area contributed by atoms with Gasteiger partial charge in [-0.1, -0.05) is 36.3 Å². The lowest BCUT2D eigenvalue weighted by Crippen LogP contribution is -2.64. The van der Waals surface area contributed by atoms with Crippen LogP contribution in [0.1, 0.15) is 36.7 Å². The highest BCUT2D eigenvalue weighted by Crippen LogP contribution is 2.38. The summed E-state index contributed by atoms with van der Waals surface area (Å²) in [6, 6.07) is 10.2. The van der Waals surface area contributed by atoms with Gasteiger partial charge in [0.1, 0.15) is 17.5 Å². The van der Waals surface area contributed by atoms with E-state index < -0.39 is 5.54 Å². The van der Waals surface area contributed by atoms with Crippen LogP contribution >= 0.6 is 0 Å². The van der Waals surface area contributed by atoms with E-state index in [0.717, 1.165) is 51.3 Å². The zero-order chi connectivity index (χ0) is 19.7. The Morgan fingerprint density at radius 3 is 2.36 bits per heavy atom. The van der Waals surface area contributed by atoms with E-state index in [4.69, 9.17) is 4.52 Å². The average molecular weight is 383 g/mol. The molecule has 1 aromatic heterocycles. The molecule has 6 heteroatoms. The van der Waals surface area contributed by atoms with Gasteiger partial charge in [-0.3, -0.25) is 9.69 Å². The van der Waals surface area contributed by atoms with Crippen LogP contribution in [-0.2, 0) is 17.6 Å². The lowest BCUT2D eigenvalue weighted by atomic mass is 9.89. The van der Waals surface area contributed by atoms with Gasteiger partial charge in [0.25, 0.3) is 0 Å². The number of carbonyl (C=O) groups is 1. The summed E-state index contributed by atoms with van der Waals surface area (Å²) in [6.07, 6.45) is 3.13. The van der Waals surface area contributed by atoms with Crippen molar-refractivity contribution in [3.8, 4) is 0 Å². The van der Waals surface area contributed by atoms with E-state index in [1.807, 2.05) is 24.9 Å². The van der Waals surface area contributed by atoms with E-state index in [1.54, 1.807) is 6.26 Å². The summed E-state index contributed by atoms with van der Waals surface area (Å²) in [7, 11) is 1.90. The van der Waals surface area contributed by atoms with Crippen molar-refractivity contribution in [2.75, 3.05) is 39.8 Å². The molecule has 2 heterocycles. The molecule has 1 atom stereocenters. The van der Waals surface area contributed by atoms with Gasteiger partial charge in [0.05, 0.1) is 6.04 Å². The summed E-state index contributed by atoms with van der Waals surface area (Å²) in [6.45, 7) is 9.18. The first-order valence-corrected chi connectivity index (χ1v) is 10.3. The second kappa shape index (κ2) is 7.68. The average Bonchev–Trinajstić information content (AvgIpc) is 3.40. The summed E-state index contributed by atoms with van der Waals surface area (Å²) in [5.41, 5.74) is 2.89. The van der Waals surface area contributed by atoms with Gasteiger partial charge in [-0.2, -0.15) is 0 Å². The predicted octanol–water partition coefficient (Wildman–Crippen LogP) is 2.37. The molecule has 0 N–H and O–H groups in total. The van der Waals surface area contributed by atoms with Crippen molar-refractivity contribution in [3.63, 3.8) is 0 Å². The van der Waals surface area contributed by atoms with Crippen molar-refractivity contribution in [3.05, 3.63) is 53.4 Å². The van der Waals surface area contributed by atoms with Crippen LogP contribution < -0.4 is 0 Å². The second-order valence-electron chi connectivity index (χ2n) is 8.09. The Bertz CT molecular complexity index is 787. The Hall–Kier alpha value is -2.18.